The fraction of sp³-hybridized carbons (Fsp3) is 0.227. The monoisotopic (exact) mass is 389 g/mol. The average molecular weight is 389 g/mol. The number of hydrogen-bond acceptors (Lipinski definition) is 4. The van der Waals surface area contributed by atoms with Gasteiger partial charge in [-0.15, -0.1) is 5.10 Å². The molecule has 29 heavy (non-hydrogen) atoms. The molecule has 4 aromatic rings. The number of aryl methyl sites for hydroxylation is 1. The number of nitrogens with one attached hydrogen (secondary N) is 2. The van der Waals surface area contributed by atoms with Crippen LogP contribution in [0, 0.1) is 6.92 Å². The fourth-order valence-corrected chi connectivity index (χ4v) is 3.19. The molecule has 0 aliphatic rings. The number of benzene rings is 2. The molecule has 2 N–H and O–H groups in total. The van der Waals surface area contributed by atoms with Gasteiger partial charge in [0, 0.05) is 23.6 Å². The first-order chi connectivity index (χ1) is 14.2. The Morgan fingerprint density at radius 3 is 2.86 bits per heavy atom. The molecule has 7 nitrogen and oxygen atoms in total. The van der Waals surface area contributed by atoms with Crippen molar-refractivity contribution in [2.45, 2.75) is 26.5 Å². The van der Waals surface area contributed by atoms with Crippen LogP contribution in [0.2, 0.25) is 0 Å². The Hall–Kier alpha value is -3.61. The number of nitrogens with zero attached hydrogens (tertiary/aromatic N) is 3. The second-order valence-corrected chi connectivity index (χ2v) is 7.01. The summed E-state index contributed by atoms with van der Waals surface area (Å²) in [5.41, 5.74) is 5.24. The normalized spacial score (nSPS) is 10.9. The van der Waals surface area contributed by atoms with Crippen molar-refractivity contribution in [3.8, 4) is 0 Å². The smallest absolute Gasteiger partial charge is 0.407 e. The van der Waals surface area contributed by atoms with Crippen molar-refractivity contribution in [3.63, 3.8) is 0 Å². The quantitative estimate of drug-likeness (QED) is 0.506. The first kappa shape index (κ1) is 18.7. The molecule has 1 amide bonds. The maximum atomic E-state index is 11.9. The summed E-state index contributed by atoms with van der Waals surface area (Å²) < 4.78 is 6.97. The molecular weight excluding hydrogens is 366 g/mol. The van der Waals surface area contributed by atoms with Crippen molar-refractivity contribution >= 4 is 17.0 Å². The molecule has 7 heteroatoms. The van der Waals surface area contributed by atoms with Crippen LogP contribution < -0.4 is 5.32 Å². The van der Waals surface area contributed by atoms with E-state index in [0.717, 1.165) is 17.5 Å². The lowest BCUT2D eigenvalue weighted by Gasteiger charge is -2.05. The third-order valence-corrected chi connectivity index (χ3v) is 4.74. The molecule has 0 fully saturated rings. The van der Waals surface area contributed by atoms with E-state index in [4.69, 9.17) is 4.74 Å². The Labute approximate surface area is 168 Å². The highest BCUT2D eigenvalue weighted by atomic mass is 16.5. The van der Waals surface area contributed by atoms with E-state index in [-0.39, 0.29) is 6.61 Å². The number of H-pyrrole nitrogens is 1. The lowest BCUT2D eigenvalue weighted by atomic mass is 10.1. The van der Waals surface area contributed by atoms with E-state index in [1.165, 1.54) is 16.5 Å². The fourth-order valence-electron chi connectivity index (χ4n) is 3.19. The van der Waals surface area contributed by atoms with Gasteiger partial charge < -0.3 is 15.0 Å². The standard InChI is InChI=1S/C22H23N5O2/c1-16-6-8-17(9-7-16)13-27-14-19(25-26-27)15-29-22(28)23-11-10-18-12-24-21-5-3-2-4-20(18)21/h2-9,12,14,24H,10-11,13,15H2,1H3,(H,23,28). The summed E-state index contributed by atoms with van der Waals surface area (Å²) in [5, 5.41) is 12.1. The van der Waals surface area contributed by atoms with E-state index in [0.29, 0.717) is 18.8 Å². The summed E-state index contributed by atoms with van der Waals surface area (Å²) >= 11 is 0. The molecule has 0 saturated heterocycles. The number of rotatable bonds is 7. The van der Waals surface area contributed by atoms with E-state index in [1.807, 2.05) is 24.4 Å². The van der Waals surface area contributed by atoms with Crippen molar-refractivity contribution in [1.82, 2.24) is 25.3 Å². The first-order valence-electron chi connectivity index (χ1n) is 9.57. The minimum absolute atomic E-state index is 0.0901. The van der Waals surface area contributed by atoms with Crippen LogP contribution in [0.25, 0.3) is 10.9 Å². The topological polar surface area (TPSA) is 84.8 Å². The molecule has 148 valence electrons. The second-order valence-electron chi connectivity index (χ2n) is 7.01. The van der Waals surface area contributed by atoms with Crippen molar-refractivity contribution in [2.24, 2.45) is 0 Å². The maximum absolute atomic E-state index is 11.9. The van der Waals surface area contributed by atoms with Crippen molar-refractivity contribution in [2.75, 3.05) is 6.54 Å². The van der Waals surface area contributed by atoms with E-state index in [9.17, 15) is 4.79 Å². The zero-order chi connectivity index (χ0) is 20.1. The van der Waals surface area contributed by atoms with Crippen LogP contribution in [-0.4, -0.2) is 32.6 Å². The van der Waals surface area contributed by atoms with E-state index in [2.05, 4.69) is 57.9 Å². The van der Waals surface area contributed by atoms with Crippen molar-refractivity contribution in [1.29, 1.82) is 0 Å². The molecule has 0 unspecified atom stereocenters. The van der Waals surface area contributed by atoms with Crippen LogP contribution in [0.3, 0.4) is 0 Å². The minimum Gasteiger partial charge on any atom is -0.443 e. The van der Waals surface area contributed by atoms with Crippen LogP contribution >= 0.6 is 0 Å². The second kappa shape index (κ2) is 8.60. The number of aromatic amines is 1. The number of carbonyl (C=O) groups excluding carboxylic acids is 1. The molecular formula is C22H23N5O2. The summed E-state index contributed by atoms with van der Waals surface area (Å²) in [6, 6.07) is 16.4. The molecule has 0 bridgehead atoms. The van der Waals surface area contributed by atoms with Gasteiger partial charge in [-0.25, -0.2) is 9.48 Å². The van der Waals surface area contributed by atoms with Gasteiger partial charge in [0.15, 0.2) is 0 Å². The van der Waals surface area contributed by atoms with Gasteiger partial charge in [-0.2, -0.15) is 0 Å². The highest BCUT2D eigenvalue weighted by molar-refractivity contribution is 5.83. The van der Waals surface area contributed by atoms with Crippen LogP contribution in [0.5, 0.6) is 0 Å². The Balaban J connectivity index is 1.21. The predicted molar refractivity (Wildman–Crippen MR) is 110 cm³/mol. The highest BCUT2D eigenvalue weighted by Gasteiger charge is 2.08. The number of para-hydroxylation sites is 1. The zero-order valence-electron chi connectivity index (χ0n) is 16.3. The van der Waals surface area contributed by atoms with Gasteiger partial charge in [-0.05, 0) is 30.5 Å². The molecule has 0 aliphatic heterocycles. The largest absolute Gasteiger partial charge is 0.443 e. The number of carbonyl (C=O) groups is 1. The Bertz CT molecular complexity index is 1100. The number of hydrogen-bond donors (Lipinski definition) is 2. The molecule has 2 aromatic heterocycles. The number of aromatic nitrogens is 4. The summed E-state index contributed by atoms with van der Waals surface area (Å²) in [6.45, 7) is 3.28. The predicted octanol–water partition coefficient (Wildman–Crippen LogP) is 3.59. The van der Waals surface area contributed by atoms with E-state index >= 15 is 0 Å². The summed E-state index contributed by atoms with van der Waals surface area (Å²) in [6.07, 6.45) is 4.03. The van der Waals surface area contributed by atoms with Crippen molar-refractivity contribution < 1.29 is 9.53 Å². The molecule has 0 saturated carbocycles. The van der Waals surface area contributed by atoms with Gasteiger partial charge in [-0.3, -0.25) is 0 Å². The molecule has 0 radical (unpaired) electrons. The lowest BCUT2D eigenvalue weighted by Crippen LogP contribution is -2.26. The average Bonchev–Trinajstić information content (AvgIpc) is 3.35. The van der Waals surface area contributed by atoms with Gasteiger partial charge in [-0.1, -0.05) is 53.2 Å². The summed E-state index contributed by atoms with van der Waals surface area (Å²) in [4.78, 5) is 15.2. The third-order valence-electron chi connectivity index (χ3n) is 4.74. The highest BCUT2D eigenvalue weighted by Crippen LogP contribution is 2.17. The van der Waals surface area contributed by atoms with E-state index < -0.39 is 6.09 Å². The number of alkyl carbamates (subject to hydrolysis) is 1. The van der Waals surface area contributed by atoms with Gasteiger partial charge in [0.25, 0.3) is 0 Å². The van der Waals surface area contributed by atoms with Crippen molar-refractivity contribution in [3.05, 3.63) is 83.3 Å². The first-order valence-corrected chi connectivity index (χ1v) is 9.57. The molecule has 0 spiro atoms. The van der Waals surface area contributed by atoms with Crippen LogP contribution in [0.4, 0.5) is 4.79 Å². The van der Waals surface area contributed by atoms with Crippen LogP contribution in [0.15, 0.2) is 60.9 Å². The maximum Gasteiger partial charge on any atom is 0.407 e. The minimum atomic E-state index is -0.460. The molecule has 2 heterocycles. The SMILES string of the molecule is Cc1ccc(Cn2cc(COC(=O)NCCc3c[nH]c4ccccc34)nn2)cc1. The van der Waals surface area contributed by atoms with E-state index in [1.54, 1.807) is 10.9 Å². The number of fused-ring (bicyclic) bond motifs is 1. The summed E-state index contributed by atoms with van der Waals surface area (Å²) in [5.74, 6) is 0. The lowest BCUT2D eigenvalue weighted by molar-refractivity contribution is 0.138. The molecule has 4 rings (SSSR count). The van der Waals surface area contributed by atoms with Gasteiger partial charge in [0.05, 0.1) is 12.7 Å². The molecule has 0 atom stereocenters. The Morgan fingerprint density at radius 1 is 1.17 bits per heavy atom. The van der Waals surface area contributed by atoms with Crippen LogP contribution in [0.1, 0.15) is 22.4 Å². The number of ether oxygens (including phenoxy) is 1. The number of amides is 1. The molecule has 2 aromatic carbocycles. The van der Waals surface area contributed by atoms with Gasteiger partial charge in [0.1, 0.15) is 12.3 Å². The third kappa shape index (κ3) is 4.82. The van der Waals surface area contributed by atoms with Gasteiger partial charge >= 0.3 is 6.09 Å². The Morgan fingerprint density at radius 2 is 2.00 bits per heavy atom. The Kier molecular flexibility index (Phi) is 5.56. The summed E-state index contributed by atoms with van der Waals surface area (Å²) in [7, 11) is 0. The zero-order valence-corrected chi connectivity index (χ0v) is 16.3. The van der Waals surface area contributed by atoms with Gasteiger partial charge in [0.2, 0.25) is 0 Å². The van der Waals surface area contributed by atoms with Crippen LogP contribution in [-0.2, 0) is 24.3 Å². The molecule has 0 aliphatic carbocycles.